The minimum absolute atomic E-state index is 0.343. The van der Waals surface area contributed by atoms with Gasteiger partial charge in [-0.1, -0.05) is 66.7 Å². The van der Waals surface area contributed by atoms with Crippen molar-refractivity contribution in [3.63, 3.8) is 0 Å². The lowest BCUT2D eigenvalue weighted by Crippen LogP contribution is -2.28. The van der Waals surface area contributed by atoms with Gasteiger partial charge in [0.2, 0.25) is 0 Å². The van der Waals surface area contributed by atoms with Crippen molar-refractivity contribution in [1.82, 2.24) is 5.32 Å². The summed E-state index contributed by atoms with van der Waals surface area (Å²) in [7, 11) is 0. The van der Waals surface area contributed by atoms with Crippen molar-refractivity contribution in [2.24, 2.45) is 0 Å². The SMILES string of the molecule is C(=CC1NCCc2ccccc21)c1ccccc1. The molecule has 3 rings (SSSR count). The van der Waals surface area contributed by atoms with Gasteiger partial charge in [-0.2, -0.15) is 0 Å². The molecular weight excluding hydrogens is 218 g/mol. The van der Waals surface area contributed by atoms with Gasteiger partial charge in [-0.25, -0.2) is 0 Å². The van der Waals surface area contributed by atoms with E-state index in [1.54, 1.807) is 0 Å². The standard InChI is InChI=1S/C17H17N/c1-2-6-14(7-3-1)10-11-17-16-9-5-4-8-15(16)12-13-18-17/h1-11,17-18H,12-13H2. The smallest absolute Gasteiger partial charge is 0.0512 e. The normalized spacial score (nSPS) is 18.8. The Hall–Kier alpha value is -1.86. The maximum Gasteiger partial charge on any atom is 0.0512 e. The molecule has 1 heteroatoms. The van der Waals surface area contributed by atoms with Gasteiger partial charge in [0.05, 0.1) is 6.04 Å². The van der Waals surface area contributed by atoms with Gasteiger partial charge in [-0.3, -0.25) is 0 Å². The predicted molar refractivity (Wildman–Crippen MR) is 76.4 cm³/mol. The zero-order valence-electron chi connectivity index (χ0n) is 10.3. The Labute approximate surface area is 108 Å². The van der Waals surface area contributed by atoms with Gasteiger partial charge in [0.1, 0.15) is 0 Å². The third-order valence-corrected chi connectivity index (χ3v) is 3.43. The highest BCUT2D eigenvalue weighted by Crippen LogP contribution is 2.24. The van der Waals surface area contributed by atoms with E-state index in [1.807, 2.05) is 6.07 Å². The summed E-state index contributed by atoms with van der Waals surface area (Å²) >= 11 is 0. The van der Waals surface area contributed by atoms with Gasteiger partial charge < -0.3 is 5.32 Å². The zero-order valence-corrected chi connectivity index (χ0v) is 10.3. The Morgan fingerprint density at radius 2 is 1.72 bits per heavy atom. The first-order valence-electron chi connectivity index (χ1n) is 6.48. The second-order valence-corrected chi connectivity index (χ2v) is 4.65. The molecule has 0 bridgehead atoms. The van der Waals surface area contributed by atoms with Crippen LogP contribution in [-0.2, 0) is 6.42 Å². The molecule has 2 aromatic rings. The molecule has 90 valence electrons. The third kappa shape index (κ3) is 2.36. The van der Waals surface area contributed by atoms with Crippen molar-refractivity contribution in [1.29, 1.82) is 0 Å². The molecule has 0 aromatic heterocycles. The summed E-state index contributed by atoms with van der Waals surface area (Å²) in [6.45, 7) is 1.06. The fourth-order valence-electron chi connectivity index (χ4n) is 2.48. The van der Waals surface area contributed by atoms with Crippen LogP contribution in [0.15, 0.2) is 60.7 Å². The Morgan fingerprint density at radius 3 is 2.61 bits per heavy atom. The predicted octanol–water partition coefficient (Wildman–Crippen LogP) is 3.59. The Bertz CT molecular complexity index is 543. The van der Waals surface area contributed by atoms with E-state index in [0.717, 1.165) is 13.0 Å². The number of fused-ring (bicyclic) bond motifs is 1. The van der Waals surface area contributed by atoms with Crippen molar-refractivity contribution in [2.75, 3.05) is 6.54 Å². The van der Waals surface area contributed by atoms with E-state index in [2.05, 4.69) is 66.0 Å². The fraction of sp³-hybridized carbons (Fsp3) is 0.176. The monoisotopic (exact) mass is 235 g/mol. The van der Waals surface area contributed by atoms with E-state index < -0.39 is 0 Å². The highest BCUT2D eigenvalue weighted by molar-refractivity contribution is 5.51. The molecule has 0 saturated heterocycles. The van der Waals surface area contributed by atoms with Crippen LogP contribution in [0, 0.1) is 0 Å². The molecule has 0 aliphatic carbocycles. The van der Waals surface area contributed by atoms with E-state index >= 15 is 0 Å². The highest BCUT2D eigenvalue weighted by Gasteiger charge is 2.15. The lowest BCUT2D eigenvalue weighted by molar-refractivity contribution is 0.583. The molecule has 1 N–H and O–H groups in total. The molecule has 0 radical (unpaired) electrons. The fourth-order valence-corrected chi connectivity index (χ4v) is 2.48. The number of nitrogens with one attached hydrogen (secondary N) is 1. The maximum absolute atomic E-state index is 3.56. The van der Waals surface area contributed by atoms with Crippen LogP contribution in [0.2, 0.25) is 0 Å². The summed E-state index contributed by atoms with van der Waals surface area (Å²) in [5.74, 6) is 0. The van der Waals surface area contributed by atoms with Crippen molar-refractivity contribution >= 4 is 6.08 Å². The number of hydrogen-bond donors (Lipinski definition) is 1. The lowest BCUT2D eigenvalue weighted by atomic mass is 9.94. The van der Waals surface area contributed by atoms with Crippen molar-refractivity contribution in [3.05, 3.63) is 77.4 Å². The Kier molecular flexibility index (Phi) is 3.24. The second-order valence-electron chi connectivity index (χ2n) is 4.65. The van der Waals surface area contributed by atoms with Gasteiger partial charge in [0.25, 0.3) is 0 Å². The largest absolute Gasteiger partial charge is 0.306 e. The molecule has 1 heterocycles. The van der Waals surface area contributed by atoms with E-state index in [4.69, 9.17) is 0 Å². The third-order valence-electron chi connectivity index (χ3n) is 3.43. The molecule has 0 spiro atoms. The molecule has 0 saturated carbocycles. The van der Waals surface area contributed by atoms with Crippen molar-refractivity contribution in [2.45, 2.75) is 12.5 Å². The van der Waals surface area contributed by atoms with Crippen LogP contribution < -0.4 is 5.32 Å². The van der Waals surface area contributed by atoms with E-state index in [1.165, 1.54) is 16.7 Å². The lowest BCUT2D eigenvalue weighted by Gasteiger charge is -2.24. The molecule has 1 nitrogen and oxygen atoms in total. The van der Waals surface area contributed by atoms with Gasteiger partial charge in [-0.15, -0.1) is 0 Å². The van der Waals surface area contributed by atoms with Crippen LogP contribution in [0.5, 0.6) is 0 Å². The second kappa shape index (κ2) is 5.19. The molecule has 1 unspecified atom stereocenters. The van der Waals surface area contributed by atoms with E-state index in [-0.39, 0.29) is 0 Å². The van der Waals surface area contributed by atoms with E-state index in [9.17, 15) is 0 Å². The van der Waals surface area contributed by atoms with Crippen LogP contribution in [0.4, 0.5) is 0 Å². The molecule has 1 atom stereocenters. The zero-order chi connectivity index (χ0) is 12.2. The first-order chi connectivity index (χ1) is 8.93. The molecule has 1 aliphatic rings. The van der Waals surface area contributed by atoms with Crippen LogP contribution in [-0.4, -0.2) is 6.54 Å². The van der Waals surface area contributed by atoms with Gasteiger partial charge in [-0.05, 0) is 23.1 Å². The van der Waals surface area contributed by atoms with Crippen molar-refractivity contribution < 1.29 is 0 Å². The van der Waals surface area contributed by atoms with Gasteiger partial charge in [0.15, 0.2) is 0 Å². The van der Waals surface area contributed by atoms with Crippen LogP contribution in [0.1, 0.15) is 22.7 Å². The average Bonchev–Trinajstić information content (AvgIpc) is 2.46. The average molecular weight is 235 g/mol. The number of rotatable bonds is 2. The summed E-state index contributed by atoms with van der Waals surface area (Å²) in [6.07, 6.45) is 5.58. The molecular formula is C17H17N. The number of benzene rings is 2. The highest BCUT2D eigenvalue weighted by atomic mass is 14.9. The minimum atomic E-state index is 0.343. The van der Waals surface area contributed by atoms with Crippen LogP contribution in [0.3, 0.4) is 0 Å². The molecule has 0 amide bonds. The minimum Gasteiger partial charge on any atom is -0.306 e. The molecule has 0 fully saturated rings. The topological polar surface area (TPSA) is 12.0 Å². The Balaban J connectivity index is 1.85. The summed E-state index contributed by atoms with van der Waals surface area (Å²) < 4.78 is 0. The summed E-state index contributed by atoms with van der Waals surface area (Å²) in [5.41, 5.74) is 4.14. The van der Waals surface area contributed by atoms with Gasteiger partial charge in [0, 0.05) is 6.54 Å². The Morgan fingerprint density at radius 1 is 0.944 bits per heavy atom. The summed E-state index contributed by atoms with van der Waals surface area (Å²) in [4.78, 5) is 0. The molecule has 1 aliphatic heterocycles. The summed E-state index contributed by atoms with van der Waals surface area (Å²) in [6, 6.07) is 19.5. The molecule has 2 aromatic carbocycles. The van der Waals surface area contributed by atoms with E-state index in [0.29, 0.717) is 6.04 Å². The first kappa shape index (κ1) is 11.2. The summed E-state index contributed by atoms with van der Waals surface area (Å²) in [5, 5.41) is 3.56. The van der Waals surface area contributed by atoms with Gasteiger partial charge >= 0.3 is 0 Å². The maximum atomic E-state index is 3.56. The first-order valence-corrected chi connectivity index (χ1v) is 6.48. The van der Waals surface area contributed by atoms with Crippen LogP contribution >= 0.6 is 0 Å². The van der Waals surface area contributed by atoms with Crippen molar-refractivity contribution in [3.8, 4) is 0 Å². The number of hydrogen-bond acceptors (Lipinski definition) is 1. The van der Waals surface area contributed by atoms with Crippen LogP contribution in [0.25, 0.3) is 6.08 Å². The molecule has 18 heavy (non-hydrogen) atoms. The quantitative estimate of drug-likeness (QED) is 0.838.